The monoisotopic (exact) mass is 285 g/mol. The lowest BCUT2D eigenvalue weighted by molar-refractivity contribution is -0.131. The summed E-state index contributed by atoms with van der Waals surface area (Å²) < 4.78 is 10.5. The van der Waals surface area contributed by atoms with Gasteiger partial charge in [-0.25, -0.2) is 4.79 Å². The van der Waals surface area contributed by atoms with Crippen LogP contribution >= 0.6 is 0 Å². The Kier molecular flexibility index (Phi) is 5.06. The molecule has 21 heavy (non-hydrogen) atoms. The van der Waals surface area contributed by atoms with Crippen molar-refractivity contribution >= 4 is 23.9 Å². The number of hydrogen-bond acceptors (Lipinski definition) is 4. The lowest BCUT2D eigenvalue weighted by Gasteiger charge is -1.96. The molecule has 0 unspecified atom stereocenters. The highest BCUT2D eigenvalue weighted by atomic mass is 16.5. The number of methoxy groups -OCH3 is 1. The van der Waals surface area contributed by atoms with E-state index in [0.29, 0.717) is 18.1 Å². The molecule has 0 spiro atoms. The Hall–Kier alpha value is -2.66. The van der Waals surface area contributed by atoms with Crippen LogP contribution in [-0.4, -0.2) is 24.4 Å². The van der Waals surface area contributed by atoms with Crippen LogP contribution in [0.3, 0.4) is 0 Å². The Morgan fingerprint density at radius 2 is 2.24 bits per heavy atom. The van der Waals surface area contributed by atoms with Crippen LogP contribution in [-0.2, 0) is 16.1 Å². The molecule has 0 saturated carbocycles. The Bertz CT molecular complexity index is 670. The number of benzene rings is 1. The summed E-state index contributed by atoms with van der Waals surface area (Å²) in [5.74, 6) is 0.385. The van der Waals surface area contributed by atoms with Crippen molar-refractivity contribution in [2.24, 2.45) is 4.99 Å². The van der Waals surface area contributed by atoms with Gasteiger partial charge in [-0.05, 0) is 35.9 Å². The van der Waals surface area contributed by atoms with E-state index in [1.165, 1.54) is 6.08 Å². The molecule has 0 fully saturated rings. The summed E-state index contributed by atoms with van der Waals surface area (Å²) in [4.78, 5) is 14.8. The van der Waals surface area contributed by atoms with Gasteiger partial charge in [0.1, 0.15) is 18.1 Å². The lowest BCUT2D eigenvalue weighted by Crippen LogP contribution is -1.85. The van der Waals surface area contributed by atoms with Crippen LogP contribution in [0.25, 0.3) is 6.08 Å². The predicted octanol–water partition coefficient (Wildman–Crippen LogP) is 3.27. The summed E-state index contributed by atoms with van der Waals surface area (Å²) >= 11 is 0. The largest absolute Gasteiger partial charge is 0.478 e. The van der Waals surface area contributed by atoms with Crippen molar-refractivity contribution in [2.45, 2.75) is 6.61 Å². The third-order valence-electron chi connectivity index (χ3n) is 2.60. The molecule has 2 rings (SSSR count). The van der Waals surface area contributed by atoms with Crippen molar-refractivity contribution in [3.63, 3.8) is 0 Å². The van der Waals surface area contributed by atoms with Crippen molar-refractivity contribution in [2.75, 3.05) is 7.11 Å². The van der Waals surface area contributed by atoms with Gasteiger partial charge in [-0.15, -0.1) is 0 Å². The van der Waals surface area contributed by atoms with E-state index in [1.54, 1.807) is 19.4 Å². The SMILES string of the molecule is COCc1ccc(C=Nc2cccc(C=CC(=O)O)c2)o1. The maximum atomic E-state index is 10.5. The normalized spacial score (nSPS) is 11.5. The van der Waals surface area contributed by atoms with Crippen LogP contribution in [0, 0.1) is 0 Å². The first-order valence-corrected chi connectivity index (χ1v) is 6.30. The Balaban J connectivity index is 2.09. The number of carboxylic acids is 1. The first kappa shape index (κ1) is 14.7. The highest BCUT2D eigenvalue weighted by Crippen LogP contribution is 2.16. The minimum atomic E-state index is -0.981. The standard InChI is InChI=1S/C16H15NO4/c1-20-11-15-7-6-14(21-15)10-17-13-4-2-3-12(9-13)5-8-16(18)19/h2-10H,11H2,1H3,(H,18,19). The quantitative estimate of drug-likeness (QED) is 0.653. The van der Waals surface area contributed by atoms with Crippen LogP contribution in [0.2, 0.25) is 0 Å². The second-order valence-electron chi connectivity index (χ2n) is 4.26. The average molecular weight is 285 g/mol. The van der Waals surface area contributed by atoms with Crippen LogP contribution in [0.5, 0.6) is 0 Å². The van der Waals surface area contributed by atoms with Gasteiger partial charge in [0.25, 0.3) is 0 Å². The second-order valence-corrected chi connectivity index (χ2v) is 4.26. The number of carboxylic acid groups (broad SMARTS) is 1. The summed E-state index contributed by atoms with van der Waals surface area (Å²) in [5, 5.41) is 8.60. The molecule has 5 heteroatoms. The van der Waals surface area contributed by atoms with Gasteiger partial charge < -0.3 is 14.3 Å². The molecule has 0 atom stereocenters. The number of nitrogens with zero attached hydrogens (tertiary/aromatic N) is 1. The molecule has 108 valence electrons. The Morgan fingerprint density at radius 3 is 3.00 bits per heavy atom. The number of aliphatic imine (C=N–C) groups is 1. The molecule has 0 bridgehead atoms. The molecule has 1 aromatic heterocycles. The van der Waals surface area contributed by atoms with Crippen LogP contribution in [0.1, 0.15) is 17.1 Å². The van der Waals surface area contributed by atoms with Gasteiger partial charge in [0, 0.05) is 13.2 Å². The topological polar surface area (TPSA) is 72.0 Å². The number of hydrogen-bond donors (Lipinski definition) is 1. The van der Waals surface area contributed by atoms with Gasteiger partial charge in [0.05, 0.1) is 11.9 Å². The molecule has 0 aliphatic rings. The number of aliphatic carboxylic acids is 1. The van der Waals surface area contributed by atoms with E-state index in [1.807, 2.05) is 30.3 Å². The number of rotatable bonds is 6. The van der Waals surface area contributed by atoms with E-state index >= 15 is 0 Å². The van der Waals surface area contributed by atoms with Crippen LogP contribution < -0.4 is 0 Å². The highest BCUT2D eigenvalue weighted by Gasteiger charge is 1.99. The summed E-state index contributed by atoms with van der Waals surface area (Å²) in [6, 6.07) is 10.9. The molecular formula is C16H15NO4. The summed E-state index contributed by atoms with van der Waals surface area (Å²) in [6.45, 7) is 0.420. The fourth-order valence-corrected chi connectivity index (χ4v) is 1.70. The van der Waals surface area contributed by atoms with Crippen molar-refractivity contribution < 1.29 is 19.1 Å². The molecule has 0 radical (unpaired) electrons. The molecular weight excluding hydrogens is 270 g/mol. The zero-order valence-electron chi connectivity index (χ0n) is 11.5. The van der Waals surface area contributed by atoms with E-state index in [-0.39, 0.29) is 0 Å². The smallest absolute Gasteiger partial charge is 0.328 e. The first-order valence-electron chi connectivity index (χ1n) is 6.30. The molecule has 1 heterocycles. The van der Waals surface area contributed by atoms with E-state index in [9.17, 15) is 4.79 Å². The van der Waals surface area contributed by atoms with Crippen LogP contribution in [0.15, 0.2) is 51.9 Å². The Labute approximate surface area is 122 Å². The van der Waals surface area contributed by atoms with Crippen molar-refractivity contribution in [3.8, 4) is 0 Å². The molecule has 0 amide bonds. The average Bonchev–Trinajstić information content (AvgIpc) is 2.92. The highest BCUT2D eigenvalue weighted by molar-refractivity contribution is 5.85. The van der Waals surface area contributed by atoms with Crippen molar-refractivity contribution in [1.29, 1.82) is 0 Å². The van der Waals surface area contributed by atoms with Gasteiger partial charge in [-0.3, -0.25) is 4.99 Å². The van der Waals surface area contributed by atoms with Gasteiger partial charge in [0.2, 0.25) is 0 Å². The summed E-state index contributed by atoms with van der Waals surface area (Å²) in [7, 11) is 1.60. The Morgan fingerprint density at radius 1 is 1.38 bits per heavy atom. The number of furan rings is 1. The summed E-state index contributed by atoms with van der Waals surface area (Å²) in [5.41, 5.74) is 1.48. The van der Waals surface area contributed by atoms with E-state index in [4.69, 9.17) is 14.3 Å². The number of ether oxygens (including phenoxy) is 1. The minimum Gasteiger partial charge on any atom is -0.478 e. The van der Waals surface area contributed by atoms with Crippen molar-refractivity contribution in [1.82, 2.24) is 0 Å². The van der Waals surface area contributed by atoms with Crippen molar-refractivity contribution in [3.05, 3.63) is 59.6 Å². The molecule has 2 aromatic rings. The zero-order valence-corrected chi connectivity index (χ0v) is 11.5. The predicted molar refractivity (Wildman–Crippen MR) is 79.8 cm³/mol. The molecule has 1 aromatic carbocycles. The minimum absolute atomic E-state index is 0.420. The fraction of sp³-hybridized carbons (Fsp3) is 0.125. The molecule has 0 aliphatic heterocycles. The first-order chi connectivity index (χ1) is 10.2. The van der Waals surface area contributed by atoms with Gasteiger partial charge >= 0.3 is 5.97 Å². The third-order valence-corrected chi connectivity index (χ3v) is 2.60. The fourth-order valence-electron chi connectivity index (χ4n) is 1.70. The van der Waals surface area contributed by atoms with E-state index in [0.717, 1.165) is 17.4 Å². The summed E-state index contributed by atoms with van der Waals surface area (Å²) in [6.07, 6.45) is 4.22. The molecule has 0 aliphatic carbocycles. The van der Waals surface area contributed by atoms with E-state index < -0.39 is 5.97 Å². The van der Waals surface area contributed by atoms with Gasteiger partial charge in [-0.2, -0.15) is 0 Å². The van der Waals surface area contributed by atoms with Gasteiger partial charge in [-0.1, -0.05) is 12.1 Å². The zero-order chi connectivity index (χ0) is 15.1. The van der Waals surface area contributed by atoms with Crippen LogP contribution in [0.4, 0.5) is 5.69 Å². The molecule has 5 nitrogen and oxygen atoms in total. The number of carbonyl (C=O) groups is 1. The van der Waals surface area contributed by atoms with Gasteiger partial charge in [0.15, 0.2) is 0 Å². The third kappa shape index (κ3) is 4.74. The maximum Gasteiger partial charge on any atom is 0.328 e. The molecule has 0 saturated heterocycles. The second kappa shape index (κ2) is 7.21. The maximum absolute atomic E-state index is 10.5. The molecule has 1 N–H and O–H groups in total. The van der Waals surface area contributed by atoms with E-state index in [2.05, 4.69) is 4.99 Å². The lowest BCUT2D eigenvalue weighted by atomic mass is 10.2.